The average Bonchev–Trinajstić information content (AvgIpc) is 2.37. The number of rotatable bonds is 8. The molecule has 21 heavy (non-hydrogen) atoms. The predicted molar refractivity (Wildman–Crippen MR) is 88.9 cm³/mol. The molecule has 0 fully saturated rings. The van der Waals surface area contributed by atoms with Gasteiger partial charge in [0, 0.05) is 18.1 Å². The van der Waals surface area contributed by atoms with Crippen LogP contribution in [-0.4, -0.2) is 26.8 Å². The molecule has 0 aliphatic rings. The molecule has 5 heteroatoms. The second-order valence-electron chi connectivity index (χ2n) is 6.19. The molecule has 0 heterocycles. The van der Waals surface area contributed by atoms with Gasteiger partial charge in [-0.2, -0.15) is 0 Å². The van der Waals surface area contributed by atoms with Crippen LogP contribution in [0.25, 0.3) is 0 Å². The van der Waals surface area contributed by atoms with Crippen molar-refractivity contribution in [2.24, 2.45) is 0 Å². The summed E-state index contributed by atoms with van der Waals surface area (Å²) in [6.45, 7) is 8.61. The number of hydrogen-bond acceptors (Lipinski definition) is 3. The minimum Gasteiger partial charge on any atom is -0.308 e. The molecule has 1 rings (SSSR count). The first-order valence-electron chi connectivity index (χ1n) is 7.48. The van der Waals surface area contributed by atoms with Gasteiger partial charge in [0.1, 0.15) is 0 Å². The van der Waals surface area contributed by atoms with Crippen LogP contribution < -0.4 is 10.0 Å². The predicted octanol–water partition coefficient (Wildman–Crippen LogP) is 2.62. The topological polar surface area (TPSA) is 58.2 Å². The number of hydrogen-bond donors (Lipinski definition) is 2. The van der Waals surface area contributed by atoms with Crippen LogP contribution in [0.5, 0.6) is 0 Å². The highest BCUT2D eigenvalue weighted by molar-refractivity contribution is 7.88. The number of nitrogens with one attached hydrogen (secondary N) is 2. The fourth-order valence-electron chi connectivity index (χ4n) is 2.40. The van der Waals surface area contributed by atoms with Crippen LogP contribution in [0, 0.1) is 0 Å². The number of benzene rings is 1. The smallest absolute Gasteiger partial charge is 0.209 e. The molecule has 0 spiro atoms. The molecular formula is C16H28N2O2S. The van der Waals surface area contributed by atoms with E-state index in [0.717, 1.165) is 12.8 Å². The Morgan fingerprint density at radius 2 is 1.71 bits per heavy atom. The Morgan fingerprint density at radius 3 is 2.14 bits per heavy atom. The van der Waals surface area contributed by atoms with Crippen molar-refractivity contribution in [3.8, 4) is 0 Å². The van der Waals surface area contributed by atoms with E-state index in [9.17, 15) is 8.42 Å². The van der Waals surface area contributed by atoms with Crippen LogP contribution in [0.15, 0.2) is 24.3 Å². The Kier molecular flexibility index (Phi) is 6.38. The van der Waals surface area contributed by atoms with E-state index < -0.39 is 15.6 Å². The highest BCUT2D eigenvalue weighted by Gasteiger charge is 2.23. The summed E-state index contributed by atoms with van der Waals surface area (Å²) in [7, 11) is -3.20. The second-order valence-corrected chi connectivity index (χ2v) is 7.94. The van der Waals surface area contributed by atoms with E-state index in [0.29, 0.717) is 6.54 Å². The Balaban J connectivity index is 2.69. The SMILES string of the molecule is CCc1ccc(C(CC)NCC(C)(C)NS(C)(=O)=O)cc1. The highest BCUT2D eigenvalue weighted by atomic mass is 32.2. The van der Waals surface area contributed by atoms with E-state index in [1.807, 2.05) is 13.8 Å². The second kappa shape index (κ2) is 7.38. The normalized spacial score (nSPS) is 14.1. The molecule has 0 saturated heterocycles. The lowest BCUT2D eigenvalue weighted by Gasteiger charge is -2.28. The summed E-state index contributed by atoms with van der Waals surface area (Å²) in [5, 5.41) is 3.46. The fourth-order valence-corrected chi connectivity index (χ4v) is 3.48. The molecule has 4 nitrogen and oxygen atoms in total. The summed E-state index contributed by atoms with van der Waals surface area (Å²) >= 11 is 0. The van der Waals surface area contributed by atoms with Crippen molar-refractivity contribution >= 4 is 10.0 Å². The molecule has 1 aromatic carbocycles. The summed E-state index contributed by atoms with van der Waals surface area (Å²) in [5.74, 6) is 0. The van der Waals surface area contributed by atoms with E-state index in [1.165, 1.54) is 17.4 Å². The van der Waals surface area contributed by atoms with Crippen LogP contribution in [0.3, 0.4) is 0 Å². The van der Waals surface area contributed by atoms with Gasteiger partial charge in [-0.25, -0.2) is 13.1 Å². The van der Waals surface area contributed by atoms with E-state index in [4.69, 9.17) is 0 Å². The monoisotopic (exact) mass is 312 g/mol. The minimum absolute atomic E-state index is 0.233. The van der Waals surface area contributed by atoms with Gasteiger partial charge in [-0.05, 0) is 37.8 Å². The first-order chi connectivity index (χ1) is 9.67. The summed E-state index contributed by atoms with van der Waals surface area (Å²) in [4.78, 5) is 0. The van der Waals surface area contributed by atoms with Crippen LogP contribution in [0.2, 0.25) is 0 Å². The number of sulfonamides is 1. The molecule has 0 saturated carbocycles. The van der Waals surface area contributed by atoms with Gasteiger partial charge < -0.3 is 5.32 Å². The van der Waals surface area contributed by atoms with E-state index >= 15 is 0 Å². The van der Waals surface area contributed by atoms with E-state index in [1.54, 1.807) is 0 Å². The Hall–Kier alpha value is -0.910. The summed E-state index contributed by atoms with van der Waals surface area (Å²) in [6.07, 6.45) is 3.19. The van der Waals surface area contributed by atoms with Gasteiger partial charge in [0.2, 0.25) is 10.0 Å². The zero-order valence-electron chi connectivity index (χ0n) is 13.7. The summed E-state index contributed by atoms with van der Waals surface area (Å²) in [5.41, 5.74) is 2.06. The maximum Gasteiger partial charge on any atom is 0.209 e. The third-order valence-electron chi connectivity index (χ3n) is 3.45. The molecule has 0 aliphatic heterocycles. The van der Waals surface area contributed by atoms with E-state index in [2.05, 4.69) is 48.2 Å². The van der Waals surface area contributed by atoms with E-state index in [-0.39, 0.29) is 6.04 Å². The van der Waals surface area contributed by atoms with Crippen molar-refractivity contribution in [1.82, 2.24) is 10.0 Å². The molecule has 0 aliphatic carbocycles. The highest BCUT2D eigenvalue weighted by Crippen LogP contribution is 2.18. The molecule has 0 radical (unpaired) electrons. The maximum absolute atomic E-state index is 11.4. The van der Waals surface area contributed by atoms with Gasteiger partial charge in [0.25, 0.3) is 0 Å². The summed E-state index contributed by atoms with van der Waals surface area (Å²) in [6, 6.07) is 8.84. The quantitative estimate of drug-likeness (QED) is 0.776. The van der Waals surface area contributed by atoms with Crippen LogP contribution in [-0.2, 0) is 16.4 Å². The minimum atomic E-state index is -3.20. The van der Waals surface area contributed by atoms with Crippen LogP contribution in [0.1, 0.15) is 51.3 Å². The first kappa shape index (κ1) is 18.1. The lowest BCUT2D eigenvalue weighted by Crippen LogP contribution is -2.50. The fraction of sp³-hybridized carbons (Fsp3) is 0.625. The molecule has 1 unspecified atom stereocenters. The van der Waals surface area contributed by atoms with Crippen LogP contribution >= 0.6 is 0 Å². The van der Waals surface area contributed by atoms with Crippen LogP contribution in [0.4, 0.5) is 0 Å². The van der Waals surface area contributed by atoms with Crippen molar-refractivity contribution in [2.45, 2.75) is 52.1 Å². The van der Waals surface area contributed by atoms with Gasteiger partial charge in [-0.15, -0.1) is 0 Å². The average molecular weight is 312 g/mol. The molecule has 0 bridgehead atoms. The van der Waals surface area contributed by atoms with Gasteiger partial charge >= 0.3 is 0 Å². The first-order valence-corrected chi connectivity index (χ1v) is 9.37. The van der Waals surface area contributed by atoms with Gasteiger partial charge in [-0.1, -0.05) is 38.1 Å². The van der Waals surface area contributed by atoms with Crippen molar-refractivity contribution in [3.05, 3.63) is 35.4 Å². The molecule has 120 valence electrons. The van der Waals surface area contributed by atoms with Gasteiger partial charge in [0.15, 0.2) is 0 Å². The maximum atomic E-state index is 11.4. The molecule has 0 aromatic heterocycles. The lowest BCUT2D eigenvalue weighted by molar-refractivity contribution is 0.386. The lowest BCUT2D eigenvalue weighted by atomic mass is 10.00. The van der Waals surface area contributed by atoms with Gasteiger partial charge in [0.05, 0.1) is 6.26 Å². The number of aryl methyl sites for hydroxylation is 1. The largest absolute Gasteiger partial charge is 0.308 e. The molecule has 0 amide bonds. The van der Waals surface area contributed by atoms with Gasteiger partial charge in [-0.3, -0.25) is 0 Å². The molecular weight excluding hydrogens is 284 g/mol. The van der Waals surface area contributed by atoms with Crippen molar-refractivity contribution in [3.63, 3.8) is 0 Å². The zero-order valence-corrected chi connectivity index (χ0v) is 14.5. The molecule has 1 atom stereocenters. The van der Waals surface area contributed by atoms with Crippen molar-refractivity contribution in [1.29, 1.82) is 0 Å². The summed E-state index contributed by atoms with van der Waals surface area (Å²) < 4.78 is 25.4. The third-order valence-corrected chi connectivity index (χ3v) is 4.37. The molecule has 2 N–H and O–H groups in total. The molecule has 1 aromatic rings. The third kappa shape index (κ3) is 6.59. The standard InChI is InChI=1S/C16H28N2O2S/c1-6-13-8-10-14(11-9-13)15(7-2)17-12-16(3,4)18-21(5,19)20/h8-11,15,17-18H,6-7,12H2,1-5H3. The zero-order chi connectivity index (χ0) is 16.1. The Labute approximate surface area is 129 Å². The Morgan fingerprint density at radius 1 is 1.14 bits per heavy atom. The Bertz CT molecular complexity index is 536. The van der Waals surface area contributed by atoms with Crippen molar-refractivity contribution < 1.29 is 8.42 Å². The van der Waals surface area contributed by atoms with Crippen molar-refractivity contribution in [2.75, 3.05) is 12.8 Å².